The average molecular weight is 193 g/mol. The second-order valence-electron chi connectivity index (χ2n) is 3.69. The molecule has 1 atom stereocenters. The molecule has 0 unspecified atom stereocenters. The summed E-state index contributed by atoms with van der Waals surface area (Å²) in [7, 11) is 1.59. The third kappa shape index (κ3) is 1.53. The molecule has 0 spiro atoms. The highest BCUT2D eigenvalue weighted by atomic mass is 16.5. The van der Waals surface area contributed by atoms with Crippen LogP contribution in [0.2, 0.25) is 0 Å². The van der Waals surface area contributed by atoms with Crippen molar-refractivity contribution in [2.75, 3.05) is 12.8 Å². The number of hydrogen-bond donors (Lipinski definition) is 2. The minimum atomic E-state index is -0.0290. The van der Waals surface area contributed by atoms with Crippen molar-refractivity contribution in [1.29, 1.82) is 0 Å². The van der Waals surface area contributed by atoms with Gasteiger partial charge in [-0.2, -0.15) is 0 Å². The molecular weight excluding hydrogens is 178 g/mol. The van der Waals surface area contributed by atoms with Crippen LogP contribution in [0, 0.1) is 5.92 Å². The van der Waals surface area contributed by atoms with Crippen LogP contribution in [-0.2, 0) is 0 Å². The van der Waals surface area contributed by atoms with Crippen molar-refractivity contribution in [1.82, 2.24) is 4.98 Å². The molecule has 14 heavy (non-hydrogen) atoms. The van der Waals surface area contributed by atoms with Crippen molar-refractivity contribution in [2.24, 2.45) is 11.7 Å². The predicted molar refractivity (Wildman–Crippen MR) is 54.9 cm³/mol. The van der Waals surface area contributed by atoms with E-state index in [1.54, 1.807) is 19.4 Å². The lowest BCUT2D eigenvalue weighted by molar-refractivity contribution is 0.386. The lowest BCUT2D eigenvalue weighted by atomic mass is 10.0. The van der Waals surface area contributed by atoms with Crippen molar-refractivity contribution < 1.29 is 4.74 Å². The SMILES string of the molecule is COc1nccc(N)c1[C@@H](N)C1CC1. The number of ether oxygens (including phenoxy) is 1. The minimum Gasteiger partial charge on any atom is -0.481 e. The van der Waals surface area contributed by atoms with Crippen LogP contribution in [0.1, 0.15) is 24.4 Å². The van der Waals surface area contributed by atoms with Crippen molar-refractivity contribution >= 4 is 5.69 Å². The van der Waals surface area contributed by atoms with E-state index in [9.17, 15) is 0 Å². The van der Waals surface area contributed by atoms with E-state index in [0.29, 0.717) is 17.5 Å². The number of pyridine rings is 1. The second-order valence-corrected chi connectivity index (χ2v) is 3.69. The molecule has 76 valence electrons. The highest BCUT2D eigenvalue weighted by molar-refractivity contribution is 5.53. The first kappa shape index (κ1) is 9.27. The van der Waals surface area contributed by atoms with Crippen molar-refractivity contribution in [3.8, 4) is 5.88 Å². The summed E-state index contributed by atoms with van der Waals surface area (Å²) in [5, 5.41) is 0. The Hall–Kier alpha value is -1.29. The number of methoxy groups -OCH3 is 1. The third-order valence-corrected chi connectivity index (χ3v) is 2.64. The first-order valence-corrected chi connectivity index (χ1v) is 4.78. The molecule has 1 saturated carbocycles. The standard InChI is InChI=1S/C10H15N3O/c1-14-10-8(7(11)4-5-13-10)9(12)6-2-3-6/h4-6,9H,2-3,12H2,1H3,(H2,11,13)/t9-/m0/s1. The number of anilines is 1. The topological polar surface area (TPSA) is 74.2 Å². The van der Waals surface area contributed by atoms with Crippen LogP contribution in [0.5, 0.6) is 5.88 Å². The van der Waals surface area contributed by atoms with Gasteiger partial charge >= 0.3 is 0 Å². The van der Waals surface area contributed by atoms with Crippen LogP contribution >= 0.6 is 0 Å². The van der Waals surface area contributed by atoms with Crippen LogP contribution in [0.4, 0.5) is 5.69 Å². The van der Waals surface area contributed by atoms with Gasteiger partial charge in [0.25, 0.3) is 0 Å². The maximum Gasteiger partial charge on any atom is 0.219 e. The zero-order chi connectivity index (χ0) is 10.1. The van der Waals surface area contributed by atoms with Gasteiger partial charge in [-0.1, -0.05) is 0 Å². The highest BCUT2D eigenvalue weighted by Crippen LogP contribution is 2.43. The van der Waals surface area contributed by atoms with E-state index in [0.717, 1.165) is 5.56 Å². The summed E-state index contributed by atoms with van der Waals surface area (Å²) < 4.78 is 5.15. The summed E-state index contributed by atoms with van der Waals surface area (Å²) >= 11 is 0. The minimum absolute atomic E-state index is 0.0290. The molecule has 1 heterocycles. The summed E-state index contributed by atoms with van der Waals surface area (Å²) in [5.41, 5.74) is 13.5. The van der Waals surface area contributed by atoms with Crippen LogP contribution in [0.25, 0.3) is 0 Å². The molecule has 1 aromatic rings. The molecule has 0 aromatic carbocycles. The third-order valence-electron chi connectivity index (χ3n) is 2.64. The van der Waals surface area contributed by atoms with Gasteiger partial charge in [0.15, 0.2) is 0 Å². The molecule has 4 N–H and O–H groups in total. The van der Waals surface area contributed by atoms with Crippen LogP contribution in [0.15, 0.2) is 12.3 Å². The molecule has 0 bridgehead atoms. The van der Waals surface area contributed by atoms with Crippen LogP contribution < -0.4 is 16.2 Å². The summed E-state index contributed by atoms with van der Waals surface area (Å²) in [6.45, 7) is 0. The summed E-state index contributed by atoms with van der Waals surface area (Å²) in [4.78, 5) is 4.11. The Labute approximate surface area is 83.3 Å². The number of rotatable bonds is 3. The molecule has 0 amide bonds. The van der Waals surface area contributed by atoms with Crippen molar-refractivity contribution in [2.45, 2.75) is 18.9 Å². The van der Waals surface area contributed by atoms with Crippen LogP contribution in [-0.4, -0.2) is 12.1 Å². The first-order chi connectivity index (χ1) is 6.74. The molecule has 0 radical (unpaired) electrons. The van der Waals surface area contributed by atoms with Gasteiger partial charge in [-0.25, -0.2) is 4.98 Å². The fourth-order valence-corrected chi connectivity index (χ4v) is 1.66. The van der Waals surface area contributed by atoms with Gasteiger partial charge in [-0.15, -0.1) is 0 Å². The van der Waals surface area contributed by atoms with E-state index in [1.165, 1.54) is 12.8 Å². The molecule has 1 fully saturated rings. The normalized spacial score (nSPS) is 17.9. The van der Waals surface area contributed by atoms with Crippen LogP contribution in [0.3, 0.4) is 0 Å². The van der Waals surface area contributed by atoms with Gasteiger partial charge in [0.1, 0.15) is 0 Å². The molecule has 0 aliphatic heterocycles. The van der Waals surface area contributed by atoms with E-state index in [-0.39, 0.29) is 6.04 Å². The maximum atomic E-state index is 6.08. The zero-order valence-electron chi connectivity index (χ0n) is 8.23. The number of nitrogen functional groups attached to an aromatic ring is 1. The Morgan fingerprint density at radius 1 is 1.57 bits per heavy atom. The van der Waals surface area contributed by atoms with E-state index in [1.807, 2.05) is 0 Å². The highest BCUT2D eigenvalue weighted by Gasteiger charge is 2.32. The fraction of sp³-hybridized carbons (Fsp3) is 0.500. The van der Waals surface area contributed by atoms with Gasteiger partial charge in [-0.3, -0.25) is 0 Å². The average Bonchev–Trinajstić information content (AvgIpc) is 2.99. The van der Waals surface area contributed by atoms with E-state index >= 15 is 0 Å². The molecule has 0 saturated heterocycles. The van der Waals surface area contributed by atoms with Gasteiger partial charge in [-0.05, 0) is 24.8 Å². The molecule has 4 heteroatoms. The molecule has 1 aromatic heterocycles. The van der Waals surface area contributed by atoms with Crippen molar-refractivity contribution in [3.05, 3.63) is 17.8 Å². The second kappa shape index (κ2) is 3.46. The largest absolute Gasteiger partial charge is 0.481 e. The van der Waals surface area contributed by atoms with Gasteiger partial charge in [0, 0.05) is 17.9 Å². The Morgan fingerprint density at radius 3 is 2.86 bits per heavy atom. The molecule has 1 aliphatic carbocycles. The summed E-state index contributed by atoms with van der Waals surface area (Å²) in [6, 6.07) is 1.73. The quantitative estimate of drug-likeness (QED) is 0.753. The molecule has 2 rings (SSSR count). The maximum absolute atomic E-state index is 6.08. The molecule has 4 nitrogen and oxygen atoms in total. The monoisotopic (exact) mass is 193 g/mol. The van der Waals surface area contributed by atoms with E-state index in [4.69, 9.17) is 16.2 Å². The Bertz CT molecular complexity index is 336. The van der Waals surface area contributed by atoms with E-state index < -0.39 is 0 Å². The lowest BCUT2D eigenvalue weighted by Crippen LogP contribution is -2.16. The lowest BCUT2D eigenvalue weighted by Gasteiger charge is -2.15. The van der Waals surface area contributed by atoms with Gasteiger partial charge < -0.3 is 16.2 Å². The van der Waals surface area contributed by atoms with Crippen molar-refractivity contribution in [3.63, 3.8) is 0 Å². The first-order valence-electron chi connectivity index (χ1n) is 4.78. The van der Waals surface area contributed by atoms with E-state index in [2.05, 4.69) is 4.98 Å². The number of hydrogen-bond acceptors (Lipinski definition) is 4. The molecular formula is C10H15N3O. The fourth-order valence-electron chi connectivity index (χ4n) is 1.66. The predicted octanol–water partition coefficient (Wildman–Crippen LogP) is 1.08. The number of aromatic nitrogens is 1. The Balaban J connectivity index is 2.37. The summed E-state index contributed by atoms with van der Waals surface area (Å²) in [5.74, 6) is 1.11. The molecule has 1 aliphatic rings. The zero-order valence-corrected chi connectivity index (χ0v) is 8.23. The smallest absolute Gasteiger partial charge is 0.219 e. The number of nitrogens with zero attached hydrogens (tertiary/aromatic N) is 1. The number of nitrogens with two attached hydrogens (primary N) is 2. The van der Waals surface area contributed by atoms with Gasteiger partial charge in [0.05, 0.1) is 12.7 Å². The Morgan fingerprint density at radius 2 is 2.29 bits per heavy atom. The van der Waals surface area contributed by atoms with Gasteiger partial charge in [0.2, 0.25) is 5.88 Å². The Kier molecular flexibility index (Phi) is 2.29. The summed E-state index contributed by atoms with van der Waals surface area (Å²) in [6.07, 6.45) is 3.99.